The molecule has 0 bridgehead atoms. The van der Waals surface area contributed by atoms with Gasteiger partial charge in [-0.25, -0.2) is 0 Å². The first kappa shape index (κ1) is 28.6. The molecule has 31 heavy (non-hydrogen) atoms. The molecule has 3 aromatic rings. The van der Waals surface area contributed by atoms with Gasteiger partial charge in [0.25, 0.3) is 0 Å². The Labute approximate surface area is 190 Å². The lowest BCUT2D eigenvalue weighted by Gasteiger charge is -2.22. The first-order valence-corrected chi connectivity index (χ1v) is 11.5. The predicted molar refractivity (Wildman–Crippen MR) is 131 cm³/mol. The van der Waals surface area contributed by atoms with E-state index in [1.54, 1.807) is 0 Å². The summed E-state index contributed by atoms with van der Waals surface area (Å²) in [5.41, 5.74) is 6.75. The van der Waals surface area contributed by atoms with Gasteiger partial charge in [0.05, 0.1) is 34.2 Å². The minimum atomic E-state index is 0.825. The zero-order valence-corrected chi connectivity index (χ0v) is 22.0. The van der Waals surface area contributed by atoms with Crippen LogP contribution >= 0.6 is 0 Å². The van der Waals surface area contributed by atoms with E-state index in [4.69, 9.17) is 0 Å². The number of hydrogen-bond donors (Lipinski definition) is 0. The van der Waals surface area contributed by atoms with E-state index in [1.165, 1.54) is 17.1 Å². The Morgan fingerprint density at radius 2 is 0.774 bits per heavy atom. The fourth-order valence-corrected chi connectivity index (χ4v) is 3.29. The van der Waals surface area contributed by atoms with Crippen molar-refractivity contribution in [2.24, 2.45) is 21.1 Å². The van der Waals surface area contributed by atoms with E-state index >= 15 is 0 Å². The molecule has 0 amide bonds. The molecule has 3 heterocycles. The summed E-state index contributed by atoms with van der Waals surface area (Å²) in [6, 6.07) is 6.45. The van der Waals surface area contributed by atoms with Gasteiger partial charge in [-0.1, -0.05) is 41.5 Å². The van der Waals surface area contributed by atoms with E-state index in [-0.39, 0.29) is 0 Å². The molecule has 0 aliphatic carbocycles. The second-order valence-corrected chi connectivity index (χ2v) is 6.85. The highest BCUT2D eigenvalue weighted by atomic mass is 15.3. The van der Waals surface area contributed by atoms with E-state index in [2.05, 4.69) is 38.4 Å². The highest BCUT2D eigenvalue weighted by Gasteiger charge is 2.15. The summed E-state index contributed by atoms with van der Waals surface area (Å²) in [5, 5.41) is 13.4. The molecule has 0 unspecified atom stereocenters. The van der Waals surface area contributed by atoms with Crippen molar-refractivity contribution in [3.05, 3.63) is 52.4 Å². The van der Waals surface area contributed by atoms with Crippen LogP contribution in [0.5, 0.6) is 0 Å². The maximum atomic E-state index is 4.48. The van der Waals surface area contributed by atoms with Gasteiger partial charge in [0, 0.05) is 40.8 Å². The largest absolute Gasteiger partial charge is 0.286 e. The summed E-state index contributed by atoms with van der Waals surface area (Å²) < 4.78 is 5.89. The SMILES string of the molecule is CC.CC.CC.Cc1cc(CN(Cc2cc(C)nn2C)Cc2cc(C)nn2C)n(C)n1. The molecular formula is C24H45N7. The first-order valence-electron chi connectivity index (χ1n) is 11.5. The molecule has 0 fully saturated rings. The third-order valence-electron chi connectivity index (χ3n) is 4.45. The Bertz CT molecular complexity index is 756. The molecule has 0 saturated heterocycles. The summed E-state index contributed by atoms with van der Waals surface area (Å²) in [5.74, 6) is 0. The lowest BCUT2D eigenvalue weighted by molar-refractivity contribution is 0.228. The number of aryl methyl sites for hydroxylation is 6. The summed E-state index contributed by atoms with van der Waals surface area (Å²) in [6.45, 7) is 20.6. The predicted octanol–water partition coefficient (Wildman–Crippen LogP) is 5.09. The lowest BCUT2D eigenvalue weighted by Crippen LogP contribution is -2.26. The van der Waals surface area contributed by atoms with Crippen molar-refractivity contribution in [3.63, 3.8) is 0 Å². The van der Waals surface area contributed by atoms with Crippen molar-refractivity contribution >= 4 is 0 Å². The molecule has 0 radical (unpaired) electrons. The molecule has 3 aromatic heterocycles. The van der Waals surface area contributed by atoms with Crippen LogP contribution in [0.4, 0.5) is 0 Å². The van der Waals surface area contributed by atoms with Gasteiger partial charge in [-0.3, -0.25) is 18.9 Å². The molecule has 0 spiro atoms. The third-order valence-corrected chi connectivity index (χ3v) is 4.45. The van der Waals surface area contributed by atoms with Crippen LogP contribution in [0.3, 0.4) is 0 Å². The van der Waals surface area contributed by atoms with E-state index in [1.807, 2.05) is 97.5 Å². The number of hydrogen-bond acceptors (Lipinski definition) is 4. The zero-order valence-electron chi connectivity index (χ0n) is 22.0. The van der Waals surface area contributed by atoms with Crippen LogP contribution in [0.2, 0.25) is 0 Å². The molecule has 3 rings (SSSR count). The fraction of sp³-hybridized carbons (Fsp3) is 0.625. The van der Waals surface area contributed by atoms with Crippen LogP contribution in [0.1, 0.15) is 75.7 Å². The highest BCUT2D eigenvalue weighted by Crippen LogP contribution is 2.15. The minimum Gasteiger partial charge on any atom is -0.286 e. The Hall–Kier alpha value is -2.41. The van der Waals surface area contributed by atoms with Gasteiger partial charge in [0.15, 0.2) is 0 Å². The van der Waals surface area contributed by atoms with Crippen molar-refractivity contribution in [2.75, 3.05) is 0 Å². The van der Waals surface area contributed by atoms with Crippen molar-refractivity contribution in [2.45, 2.75) is 81.9 Å². The van der Waals surface area contributed by atoms with E-state index in [0.29, 0.717) is 0 Å². The lowest BCUT2D eigenvalue weighted by atomic mass is 10.2. The van der Waals surface area contributed by atoms with Gasteiger partial charge in [-0.05, 0) is 39.0 Å². The molecule has 0 N–H and O–H groups in total. The van der Waals surface area contributed by atoms with Gasteiger partial charge in [0.2, 0.25) is 0 Å². The molecule has 176 valence electrons. The topological polar surface area (TPSA) is 56.7 Å². The van der Waals surface area contributed by atoms with Gasteiger partial charge < -0.3 is 0 Å². The second kappa shape index (κ2) is 14.6. The Morgan fingerprint density at radius 3 is 0.935 bits per heavy atom. The Kier molecular flexibility index (Phi) is 13.4. The minimum absolute atomic E-state index is 0.825. The smallest absolute Gasteiger partial charge is 0.0597 e. The standard InChI is InChI=1S/C18H27N7.3C2H6/c1-13-7-16(22(4)19-13)10-25(11-17-8-14(2)20-23(17)5)12-18-9-15(3)21-24(18)6;3*1-2/h7-9H,10-12H2,1-6H3;3*1-2H3. The van der Waals surface area contributed by atoms with Crippen LogP contribution in [-0.2, 0) is 40.8 Å². The molecule has 7 heteroatoms. The third kappa shape index (κ3) is 8.69. The van der Waals surface area contributed by atoms with Gasteiger partial charge in [-0.2, -0.15) is 15.3 Å². The van der Waals surface area contributed by atoms with Gasteiger partial charge >= 0.3 is 0 Å². The van der Waals surface area contributed by atoms with Crippen LogP contribution in [-0.4, -0.2) is 34.2 Å². The molecule has 0 aromatic carbocycles. The molecule has 0 aliphatic heterocycles. The van der Waals surface area contributed by atoms with Crippen molar-refractivity contribution < 1.29 is 0 Å². The quantitative estimate of drug-likeness (QED) is 0.545. The summed E-state index contributed by atoms with van der Waals surface area (Å²) in [6.07, 6.45) is 0. The molecule has 0 atom stereocenters. The maximum absolute atomic E-state index is 4.48. The normalized spacial score (nSPS) is 9.97. The summed E-state index contributed by atoms with van der Waals surface area (Å²) in [4.78, 5) is 2.41. The molecule has 0 aliphatic rings. The van der Waals surface area contributed by atoms with Crippen LogP contribution in [0, 0.1) is 20.8 Å². The Balaban J connectivity index is 0.00000138. The van der Waals surface area contributed by atoms with Crippen molar-refractivity contribution in [1.29, 1.82) is 0 Å². The summed E-state index contributed by atoms with van der Waals surface area (Å²) >= 11 is 0. The molecule has 7 nitrogen and oxygen atoms in total. The first-order chi connectivity index (χ1) is 14.8. The van der Waals surface area contributed by atoms with E-state index < -0.39 is 0 Å². The number of aromatic nitrogens is 6. The zero-order chi connectivity index (χ0) is 24.1. The second-order valence-electron chi connectivity index (χ2n) is 6.85. The van der Waals surface area contributed by atoms with Crippen LogP contribution in [0.15, 0.2) is 18.2 Å². The van der Waals surface area contributed by atoms with E-state index in [9.17, 15) is 0 Å². The molecular weight excluding hydrogens is 386 g/mol. The van der Waals surface area contributed by atoms with Crippen molar-refractivity contribution in [3.8, 4) is 0 Å². The average Bonchev–Trinajstić information content (AvgIpc) is 3.36. The van der Waals surface area contributed by atoms with Gasteiger partial charge in [0.1, 0.15) is 0 Å². The van der Waals surface area contributed by atoms with Crippen molar-refractivity contribution in [1.82, 2.24) is 34.2 Å². The van der Waals surface area contributed by atoms with Gasteiger partial charge in [-0.15, -0.1) is 0 Å². The monoisotopic (exact) mass is 431 g/mol. The highest BCUT2D eigenvalue weighted by molar-refractivity contribution is 5.13. The van der Waals surface area contributed by atoms with Crippen LogP contribution < -0.4 is 0 Å². The average molecular weight is 432 g/mol. The Morgan fingerprint density at radius 1 is 0.548 bits per heavy atom. The fourth-order valence-electron chi connectivity index (χ4n) is 3.29. The molecule has 0 saturated carbocycles. The number of rotatable bonds is 6. The van der Waals surface area contributed by atoms with Crippen LogP contribution in [0.25, 0.3) is 0 Å². The van der Waals surface area contributed by atoms with E-state index in [0.717, 1.165) is 36.7 Å². The summed E-state index contributed by atoms with van der Waals surface area (Å²) in [7, 11) is 6.01. The number of nitrogens with zero attached hydrogens (tertiary/aromatic N) is 7. The maximum Gasteiger partial charge on any atom is 0.0597 e.